The van der Waals surface area contributed by atoms with Crippen molar-refractivity contribution >= 4 is 17.8 Å². The van der Waals surface area contributed by atoms with Gasteiger partial charge in [-0.05, 0) is 19.8 Å². The summed E-state index contributed by atoms with van der Waals surface area (Å²) in [4.78, 5) is 35.9. The van der Waals surface area contributed by atoms with Gasteiger partial charge in [0.05, 0.1) is 6.61 Å². The van der Waals surface area contributed by atoms with Crippen LogP contribution in [0.4, 0.5) is 0 Å². The van der Waals surface area contributed by atoms with Gasteiger partial charge in [-0.1, -0.05) is 33.6 Å². The first kappa shape index (κ1) is 18.5. The zero-order chi connectivity index (χ0) is 16.8. The topological polar surface area (TPSA) is 84.5 Å². The van der Waals surface area contributed by atoms with Crippen LogP contribution in [0.15, 0.2) is 0 Å². The van der Waals surface area contributed by atoms with E-state index in [0.717, 1.165) is 12.8 Å². The lowest BCUT2D eigenvalue weighted by Gasteiger charge is -2.28. The van der Waals surface area contributed by atoms with Gasteiger partial charge in [0.1, 0.15) is 5.54 Å². The number of hydrogen-bond donors (Lipinski definition) is 2. The monoisotopic (exact) mass is 312 g/mol. The van der Waals surface area contributed by atoms with E-state index in [4.69, 9.17) is 4.74 Å². The maximum atomic E-state index is 12.1. The molecule has 1 fully saturated rings. The molecule has 0 aromatic rings. The highest BCUT2D eigenvalue weighted by Gasteiger charge is 2.43. The Balaban J connectivity index is 2.48. The number of nitrogens with one attached hydrogen (secondary N) is 2. The molecular weight excluding hydrogens is 284 g/mol. The largest absolute Gasteiger partial charge is 0.464 e. The lowest BCUT2D eigenvalue weighted by molar-refractivity contribution is -0.153. The number of hydrogen-bond acceptors (Lipinski definition) is 4. The molecule has 0 heterocycles. The minimum absolute atomic E-state index is 0.0960. The maximum Gasteiger partial charge on any atom is 0.331 e. The summed E-state index contributed by atoms with van der Waals surface area (Å²) < 4.78 is 5.09. The van der Waals surface area contributed by atoms with Crippen LogP contribution in [0.3, 0.4) is 0 Å². The number of ether oxygens (including phenoxy) is 1. The van der Waals surface area contributed by atoms with Crippen molar-refractivity contribution < 1.29 is 19.1 Å². The molecule has 6 nitrogen and oxygen atoms in total. The summed E-state index contributed by atoms with van der Waals surface area (Å²) in [7, 11) is 0. The average Bonchev–Trinajstić information content (AvgIpc) is 2.87. The summed E-state index contributed by atoms with van der Waals surface area (Å²) in [6, 6.07) is 0. The molecule has 0 bridgehead atoms. The fraction of sp³-hybridized carbons (Fsp3) is 0.812. The van der Waals surface area contributed by atoms with E-state index in [9.17, 15) is 14.4 Å². The van der Waals surface area contributed by atoms with Gasteiger partial charge in [-0.2, -0.15) is 0 Å². The molecule has 0 unspecified atom stereocenters. The van der Waals surface area contributed by atoms with Gasteiger partial charge in [-0.3, -0.25) is 9.59 Å². The van der Waals surface area contributed by atoms with Crippen LogP contribution in [-0.2, 0) is 19.1 Å². The summed E-state index contributed by atoms with van der Waals surface area (Å²) in [6.45, 7) is 7.77. The maximum absolute atomic E-state index is 12.1. The highest BCUT2D eigenvalue weighted by atomic mass is 16.5. The predicted octanol–water partition coefficient (Wildman–Crippen LogP) is 1.53. The zero-order valence-corrected chi connectivity index (χ0v) is 14.1. The van der Waals surface area contributed by atoms with Crippen molar-refractivity contribution in [3.8, 4) is 0 Å². The van der Waals surface area contributed by atoms with Crippen molar-refractivity contribution in [2.75, 3.05) is 13.2 Å². The van der Waals surface area contributed by atoms with Gasteiger partial charge in [0, 0.05) is 18.4 Å². The first-order valence-corrected chi connectivity index (χ1v) is 7.98. The second-order valence-corrected chi connectivity index (χ2v) is 6.81. The minimum Gasteiger partial charge on any atom is -0.464 e. The van der Waals surface area contributed by atoms with E-state index in [1.165, 1.54) is 0 Å². The first-order chi connectivity index (χ1) is 10.2. The van der Waals surface area contributed by atoms with Gasteiger partial charge < -0.3 is 15.4 Å². The molecule has 1 aliphatic rings. The van der Waals surface area contributed by atoms with Gasteiger partial charge >= 0.3 is 5.97 Å². The average molecular weight is 312 g/mol. The van der Waals surface area contributed by atoms with Crippen molar-refractivity contribution in [2.45, 2.75) is 65.3 Å². The third-order valence-electron chi connectivity index (χ3n) is 3.82. The molecule has 22 heavy (non-hydrogen) atoms. The van der Waals surface area contributed by atoms with Gasteiger partial charge in [-0.25, -0.2) is 4.79 Å². The zero-order valence-electron chi connectivity index (χ0n) is 14.1. The molecule has 0 atom stereocenters. The van der Waals surface area contributed by atoms with Crippen LogP contribution >= 0.6 is 0 Å². The standard InChI is InChI=1S/C16H28N2O4/c1-5-22-14(21)16(9-6-7-10-16)18-12(19)8-11-17-13(20)15(2,3)4/h5-11H2,1-4H3,(H,17,20)(H,18,19). The van der Waals surface area contributed by atoms with Crippen LogP contribution in [0, 0.1) is 5.41 Å². The molecule has 126 valence electrons. The Hall–Kier alpha value is -1.59. The lowest BCUT2D eigenvalue weighted by atomic mass is 9.95. The molecule has 2 amide bonds. The summed E-state index contributed by atoms with van der Waals surface area (Å²) in [5.41, 5.74) is -1.35. The molecule has 0 aliphatic heterocycles. The third kappa shape index (κ3) is 5.00. The summed E-state index contributed by atoms with van der Waals surface area (Å²) in [6.07, 6.45) is 3.19. The molecule has 1 saturated carbocycles. The third-order valence-corrected chi connectivity index (χ3v) is 3.82. The van der Waals surface area contributed by atoms with Gasteiger partial charge in [0.15, 0.2) is 0 Å². The summed E-state index contributed by atoms with van der Waals surface area (Å²) in [5, 5.41) is 5.55. The van der Waals surface area contributed by atoms with Crippen molar-refractivity contribution in [2.24, 2.45) is 5.41 Å². The van der Waals surface area contributed by atoms with E-state index >= 15 is 0 Å². The normalized spacial score (nSPS) is 16.9. The van der Waals surface area contributed by atoms with Crippen molar-refractivity contribution in [1.29, 1.82) is 0 Å². The van der Waals surface area contributed by atoms with Gasteiger partial charge in [0.25, 0.3) is 0 Å². The Morgan fingerprint density at radius 1 is 1.14 bits per heavy atom. The minimum atomic E-state index is -0.874. The van der Waals surface area contributed by atoms with Crippen LogP contribution in [0.25, 0.3) is 0 Å². The van der Waals surface area contributed by atoms with E-state index in [1.807, 2.05) is 20.8 Å². The fourth-order valence-corrected chi connectivity index (χ4v) is 2.51. The molecule has 0 aromatic carbocycles. The Morgan fingerprint density at radius 2 is 1.73 bits per heavy atom. The fourth-order valence-electron chi connectivity index (χ4n) is 2.51. The molecule has 6 heteroatoms. The van der Waals surface area contributed by atoms with Crippen molar-refractivity contribution in [3.63, 3.8) is 0 Å². The smallest absolute Gasteiger partial charge is 0.331 e. The molecule has 0 radical (unpaired) electrons. The SMILES string of the molecule is CCOC(=O)C1(NC(=O)CCNC(=O)C(C)(C)C)CCCC1. The Bertz CT molecular complexity index is 420. The molecule has 1 aliphatic carbocycles. The highest BCUT2D eigenvalue weighted by Crippen LogP contribution is 2.31. The number of carbonyl (C=O) groups is 3. The molecule has 1 rings (SSSR count). The van der Waals surface area contributed by atoms with Crippen LogP contribution in [0.2, 0.25) is 0 Å². The van der Waals surface area contributed by atoms with Crippen LogP contribution in [0.5, 0.6) is 0 Å². The number of rotatable bonds is 6. The molecular formula is C16H28N2O4. The molecule has 0 aromatic heterocycles. The quantitative estimate of drug-likeness (QED) is 0.729. The Labute approximate surface area is 132 Å². The number of carbonyl (C=O) groups excluding carboxylic acids is 3. The number of esters is 1. The van der Waals surface area contributed by atoms with Crippen molar-refractivity contribution in [1.82, 2.24) is 10.6 Å². The van der Waals surface area contributed by atoms with E-state index in [2.05, 4.69) is 10.6 Å². The van der Waals surface area contributed by atoms with E-state index in [0.29, 0.717) is 19.4 Å². The Kier molecular flexibility index (Phi) is 6.38. The highest BCUT2D eigenvalue weighted by molar-refractivity contribution is 5.88. The Morgan fingerprint density at radius 3 is 2.23 bits per heavy atom. The second kappa shape index (κ2) is 7.61. The van der Waals surface area contributed by atoms with Gasteiger partial charge in [-0.15, -0.1) is 0 Å². The van der Waals surface area contributed by atoms with Gasteiger partial charge in [0.2, 0.25) is 11.8 Å². The summed E-state index contributed by atoms with van der Waals surface area (Å²) in [5.74, 6) is -0.676. The van der Waals surface area contributed by atoms with Crippen LogP contribution in [-0.4, -0.2) is 36.5 Å². The molecule has 0 spiro atoms. The predicted molar refractivity (Wildman–Crippen MR) is 83.1 cm³/mol. The van der Waals surface area contributed by atoms with Crippen LogP contribution in [0.1, 0.15) is 59.8 Å². The van der Waals surface area contributed by atoms with E-state index in [1.54, 1.807) is 6.92 Å². The van der Waals surface area contributed by atoms with E-state index in [-0.39, 0.29) is 30.7 Å². The molecule has 0 saturated heterocycles. The van der Waals surface area contributed by atoms with Crippen LogP contribution < -0.4 is 10.6 Å². The number of amides is 2. The van der Waals surface area contributed by atoms with Crippen molar-refractivity contribution in [3.05, 3.63) is 0 Å². The lowest BCUT2D eigenvalue weighted by Crippen LogP contribution is -2.53. The second-order valence-electron chi connectivity index (χ2n) is 6.81. The first-order valence-electron chi connectivity index (χ1n) is 7.98. The van der Waals surface area contributed by atoms with E-state index < -0.39 is 11.0 Å². The summed E-state index contributed by atoms with van der Waals surface area (Å²) >= 11 is 0. The molecule has 2 N–H and O–H groups in total.